The molecule has 0 aliphatic carbocycles. The first-order valence-electron chi connectivity index (χ1n) is 9.31. The van der Waals surface area contributed by atoms with Gasteiger partial charge in [0.05, 0.1) is 36.8 Å². The van der Waals surface area contributed by atoms with Crippen molar-refractivity contribution in [3.8, 4) is 17.2 Å². The molecule has 0 saturated heterocycles. The Labute approximate surface area is 186 Å². The number of nitrogens with zero attached hydrogens (tertiary/aromatic N) is 4. The maximum atomic E-state index is 13.2. The Morgan fingerprint density at radius 1 is 1.16 bits per heavy atom. The fraction of sp³-hybridized carbons (Fsp3) is 0.143. The maximum absolute atomic E-state index is 13.2. The van der Waals surface area contributed by atoms with Gasteiger partial charge >= 0.3 is 0 Å². The molecule has 11 heteroatoms. The van der Waals surface area contributed by atoms with Gasteiger partial charge in [0.15, 0.2) is 5.65 Å². The fourth-order valence-corrected chi connectivity index (χ4v) is 3.38. The first kappa shape index (κ1) is 21.3. The van der Waals surface area contributed by atoms with Crippen molar-refractivity contribution in [1.82, 2.24) is 19.3 Å². The van der Waals surface area contributed by atoms with E-state index in [4.69, 9.17) is 21.1 Å². The molecule has 0 aliphatic rings. The molecule has 2 aromatic carbocycles. The number of nitrogens with one attached hydrogen (secondary N) is 1. The average molecular weight is 458 g/mol. The zero-order valence-electron chi connectivity index (χ0n) is 17.0. The monoisotopic (exact) mass is 457 g/mol. The van der Waals surface area contributed by atoms with Crippen molar-refractivity contribution in [3.05, 3.63) is 70.1 Å². The Balaban J connectivity index is 1.59. The normalized spacial score (nSPS) is 10.9. The van der Waals surface area contributed by atoms with Gasteiger partial charge in [0.1, 0.15) is 35.6 Å². The number of carbonyl (C=O) groups is 1. The third-order valence-electron chi connectivity index (χ3n) is 4.69. The van der Waals surface area contributed by atoms with E-state index in [-0.39, 0.29) is 22.8 Å². The van der Waals surface area contributed by atoms with Crippen LogP contribution in [0.4, 0.5) is 10.1 Å². The lowest BCUT2D eigenvalue weighted by atomic mass is 10.2. The van der Waals surface area contributed by atoms with Crippen LogP contribution in [0.2, 0.25) is 5.02 Å². The second-order valence-corrected chi connectivity index (χ2v) is 7.09. The molecule has 0 atom stereocenters. The zero-order valence-corrected chi connectivity index (χ0v) is 17.8. The van der Waals surface area contributed by atoms with Crippen LogP contribution in [0.25, 0.3) is 16.7 Å². The highest BCUT2D eigenvalue weighted by atomic mass is 35.5. The topological polar surface area (TPSA) is 100 Å². The molecule has 4 aromatic rings. The molecule has 1 N–H and O–H groups in total. The molecule has 164 valence electrons. The van der Waals surface area contributed by atoms with E-state index in [2.05, 4.69) is 15.4 Å². The number of amides is 1. The van der Waals surface area contributed by atoms with Crippen molar-refractivity contribution in [2.24, 2.45) is 0 Å². The number of fused-ring (bicyclic) bond motifs is 1. The summed E-state index contributed by atoms with van der Waals surface area (Å²) in [6.07, 6.45) is 2.61. The number of carbonyl (C=O) groups excluding carboxylic acids is 1. The molecule has 2 aromatic heterocycles. The van der Waals surface area contributed by atoms with Crippen molar-refractivity contribution in [1.29, 1.82) is 0 Å². The van der Waals surface area contributed by atoms with Crippen LogP contribution in [0.15, 0.2) is 53.7 Å². The predicted molar refractivity (Wildman–Crippen MR) is 116 cm³/mol. The molecule has 0 bridgehead atoms. The second kappa shape index (κ2) is 8.67. The number of hydrogen-bond donors (Lipinski definition) is 1. The third kappa shape index (κ3) is 4.00. The van der Waals surface area contributed by atoms with E-state index >= 15 is 0 Å². The molecular formula is C21H17ClFN5O4. The van der Waals surface area contributed by atoms with Crippen LogP contribution >= 0.6 is 11.6 Å². The molecule has 0 unspecified atom stereocenters. The van der Waals surface area contributed by atoms with Gasteiger partial charge in [-0.1, -0.05) is 11.6 Å². The lowest BCUT2D eigenvalue weighted by Crippen LogP contribution is -2.28. The minimum absolute atomic E-state index is 0.217. The van der Waals surface area contributed by atoms with Gasteiger partial charge < -0.3 is 14.8 Å². The molecule has 9 nitrogen and oxygen atoms in total. The molecule has 0 aliphatic heterocycles. The van der Waals surface area contributed by atoms with Gasteiger partial charge in [-0.2, -0.15) is 5.10 Å². The SMILES string of the molecule is COc1cc(OC)c(NC(=O)Cn2cnc3c(cnn3-c3ccc(F)cc3)c2=O)cc1Cl. The van der Waals surface area contributed by atoms with Gasteiger partial charge in [0, 0.05) is 6.07 Å². The van der Waals surface area contributed by atoms with Crippen LogP contribution in [-0.2, 0) is 11.3 Å². The van der Waals surface area contributed by atoms with Crippen molar-refractivity contribution < 1.29 is 18.7 Å². The number of anilines is 1. The first-order chi connectivity index (χ1) is 15.4. The highest BCUT2D eigenvalue weighted by molar-refractivity contribution is 6.32. The summed E-state index contributed by atoms with van der Waals surface area (Å²) in [5.41, 5.74) is 0.724. The molecule has 4 rings (SSSR count). The largest absolute Gasteiger partial charge is 0.495 e. The van der Waals surface area contributed by atoms with Crippen LogP contribution < -0.4 is 20.3 Å². The summed E-state index contributed by atoms with van der Waals surface area (Å²) in [5.74, 6) is -0.133. The molecule has 32 heavy (non-hydrogen) atoms. The second-order valence-electron chi connectivity index (χ2n) is 6.68. The molecule has 2 heterocycles. The summed E-state index contributed by atoms with van der Waals surface area (Å²) >= 11 is 6.13. The van der Waals surface area contributed by atoms with Gasteiger partial charge in [-0.25, -0.2) is 14.1 Å². The maximum Gasteiger partial charge on any atom is 0.264 e. The van der Waals surface area contributed by atoms with Crippen molar-refractivity contribution in [2.45, 2.75) is 6.54 Å². The summed E-state index contributed by atoms with van der Waals surface area (Å²) < 4.78 is 26.2. The molecular weight excluding hydrogens is 441 g/mol. The molecule has 0 spiro atoms. The lowest BCUT2D eigenvalue weighted by Gasteiger charge is -2.13. The Kier molecular flexibility index (Phi) is 5.78. The molecule has 0 radical (unpaired) electrons. The Morgan fingerprint density at radius 3 is 2.56 bits per heavy atom. The van der Waals surface area contributed by atoms with Gasteiger partial charge in [0.2, 0.25) is 5.91 Å². The fourth-order valence-electron chi connectivity index (χ4n) is 3.13. The Morgan fingerprint density at radius 2 is 1.88 bits per heavy atom. The molecule has 1 amide bonds. The van der Waals surface area contributed by atoms with Gasteiger partial charge in [-0.15, -0.1) is 0 Å². The zero-order chi connectivity index (χ0) is 22.8. The summed E-state index contributed by atoms with van der Waals surface area (Å²) in [5, 5.41) is 7.34. The first-order valence-corrected chi connectivity index (χ1v) is 9.69. The van der Waals surface area contributed by atoms with E-state index < -0.39 is 11.5 Å². The van der Waals surface area contributed by atoms with Gasteiger partial charge in [-0.3, -0.25) is 14.2 Å². The highest BCUT2D eigenvalue weighted by Gasteiger charge is 2.16. The van der Waals surface area contributed by atoms with Crippen LogP contribution in [0, 0.1) is 5.82 Å². The third-order valence-corrected chi connectivity index (χ3v) is 4.98. The lowest BCUT2D eigenvalue weighted by molar-refractivity contribution is -0.116. The predicted octanol–water partition coefficient (Wildman–Crippen LogP) is 3.03. The number of halogens is 2. The van der Waals surface area contributed by atoms with Crippen molar-refractivity contribution >= 4 is 34.2 Å². The Bertz CT molecular complexity index is 1370. The Hall–Kier alpha value is -3.92. The van der Waals surface area contributed by atoms with Crippen LogP contribution in [-0.4, -0.2) is 39.5 Å². The van der Waals surface area contributed by atoms with E-state index in [9.17, 15) is 14.0 Å². The number of aromatic nitrogens is 4. The summed E-state index contributed by atoms with van der Waals surface area (Å²) in [6, 6.07) is 8.66. The summed E-state index contributed by atoms with van der Waals surface area (Å²) in [6.45, 7) is -0.295. The van der Waals surface area contributed by atoms with Crippen LogP contribution in [0.5, 0.6) is 11.5 Å². The number of methoxy groups -OCH3 is 2. The van der Waals surface area contributed by atoms with E-state index in [1.54, 1.807) is 6.07 Å². The van der Waals surface area contributed by atoms with Gasteiger partial charge in [0.25, 0.3) is 5.56 Å². The van der Waals surface area contributed by atoms with Crippen molar-refractivity contribution in [3.63, 3.8) is 0 Å². The quantitative estimate of drug-likeness (QED) is 0.477. The van der Waals surface area contributed by atoms with E-state index in [0.717, 1.165) is 4.57 Å². The van der Waals surface area contributed by atoms with E-state index in [0.29, 0.717) is 28.5 Å². The average Bonchev–Trinajstić information content (AvgIpc) is 3.21. The smallest absolute Gasteiger partial charge is 0.264 e. The number of hydrogen-bond acceptors (Lipinski definition) is 6. The number of rotatable bonds is 6. The standard InChI is InChI=1S/C21H17ClFN5O4/c1-31-17-8-18(32-2)16(7-15(17)22)26-19(29)10-27-11-24-20-14(21(27)30)9-25-28(20)13-5-3-12(23)4-6-13/h3-9,11H,10H2,1-2H3,(H,26,29). The highest BCUT2D eigenvalue weighted by Crippen LogP contribution is 2.35. The van der Waals surface area contributed by atoms with E-state index in [1.165, 1.54) is 61.8 Å². The van der Waals surface area contributed by atoms with Gasteiger partial charge in [-0.05, 0) is 30.3 Å². The molecule has 0 fully saturated rings. The summed E-state index contributed by atoms with van der Waals surface area (Å²) in [4.78, 5) is 29.7. The number of ether oxygens (including phenoxy) is 2. The van der Waals surface area contributed by atoms with E-state index in [1.807, 2.05) is 0 Å². The van der Waals surface area contributed by atoms with Crippen LogP contribution in [0.3, 0.4) is 0 Å². The minimum atomic E-state index is -0.487. The number of benzene rings is 2. The van der Waals surface area contributed by atoms with Crippen molar-refractivity contribution in [2.75, 3.05) is 19.5 Å². The minimum Gasteiger partial charge on any atom is -0.495 e. The molecule has 0 saturated carbocycles. The van der Waals surface area contributed by atoms with Crippen LogP contribution in [0.1, 0.15) is 0 Å². The summed E-state index contributed by atoms with van der Waals surface area (Å²) in [7, 11) is 2.91.